The van der Waals surface area contributed by atoms with Crippen LogP contribution in [-0.4, -0.2) is 39.8 Å². The van der Waals surface area contributed by atoms with Crippen molar-refractivity contribution < 1.29 is 32.1 Å². The van der Waals surface area contributed by atoms with Gasteiger partial charge in [-0.1, -0.05) is 6.07 Å². The Morgan fingerprint density at radius 2 is 1.69 bits per heavy atom. The average molecular weight is 369 g/mol. The summed E-state index contributed by atoms with van der Waals surface area (Å²) in [4.78, 5) is 0. The molecule has 1 aliphatic heterocycles. The fraction of sp³-hybridized carbons (Fsp3) is 0.333. The largest absolute Gasteiger partial charge is 0.573 e. The third-order valence-electron chi connectivity index (χ3n) is 3.93. The average Bonchev–Trinajstić information content (AvgIpc) is 2.57. The first-order valence-electron chi connectivity index (χ1n) is 7.89. The van der Waals surface area contributed by atoms with E-state index in [9.17, 15) is 13.2 Å². The van der Waals surface area contributed by atoms with Crippen LogP contribution in [0.3, 0.4) is 0 Å². The van der Waals surface area contributed by atoms with Gasteiger partial charge < -0.3 is 24.3 Å². The normalized spacial score (nSPS) is 14.5. The van der Waals surface area contributed by atoms with E-state index in [1.165, 1.54) is 26.4 Å². The van der Waals surface area contributed by atoms with Crippen molar-refractivity contribution in [1.82, 2.24) is 5.32 Å². The summed E-state index contributed by atoms with van der Waals surface area (Å²) in [5.41, 5.74) is 1.11. The number of halogens is 3. The molecule has 8 heteroatoms. The second kappa shape index (κ2) is 7.33. The Morgan fingerprint density at radius 1 is 0.923 bits per heavy atom. The highest BCUT2D eigenvalue weighted by Crippen LogP contribution is 2.40. The molecule has 0 bridgehead atoms. The van der Waals surface area contributed by atoms with Crippen LogP contribution in [0.1, 0.15) is 0 Å². The third-order valence-corrected chi connectivity index (χ3v) is 3.93. The van der Waals surface area contributed by atoms with E-state index in [1.807, 2.05) is 0 Å². The summed E-state index contributed by atoms with van der Waals surface area (Å²) in [6.45, 7) is 1.17. The molecule has 1 heterocycles. The zero-order valence-electron chi connectivity index (χ0n) is 14.2. The number of nitrogens with one attached hydrogen (secondary N) is 1. The molecule has 0 spiro atoms. The zero-order valence-corrected chi connectivity index (χ0v) is 14.2. The number of methoxy groups -OCH3 is 2. The Bertz CT molecular complexity index is 776. The topological polar surface area (TPSA) is 49.0 Å². The lowest BCUT2D eigenvalue weighted by molar-refractivity contribution is -0.275. The Morgan fingerprint density at radius 3 is 2.27 bits per heavy atom. The van der Waals surface area contributed by atoms with Gasteiger partial charge in [0.2, 0.25) is 0 Å². The van der Waals surface area contributed by atoms with Crippen LogP contribution in [0.5, 0.6) is 23.0 Å². The van der Waals surface area contributed by atoms with Gasteiger partial charge in [-0.3, -0.25) is 0 Å². The van der Waals surface area contributed by atoms with E-state index in [0.717, 1.165) is 0 Å². The van der Waals surface area contributed by atoms with Crippen molar-refractivity contribution in [2.24, 2.45) is 0 Å². The molecule has 1 fully saturated rings. The monoisotopic (exact) mass is 369 g/mol. The van der Waals surface area contributed by atoms with Gasteiger partial charge in [0, 0.05) is 24.7 Å². The molecular weight excluding hydrogens is 351 g/mol. The third kappa shape index (κ3) is 4.13. The molecule has 0 saturated carbocycles. The Labute approximate surface area is 148 Å². The highest BCUT2D eigenvalue weighted by Gasteiger charge is 2.33. The number of hydrogen-bond acceptors (Lipinski definition) is 5. The van der Waals surface area contributed by atoms with Crippen molar-refractivity contribution in [3.63, 3.8) is 0 Å². The molecule has 5 nitrogen and oxygen atoms in total. The van der Waals surface area contributed by atoms with E-state index < -0.39 is 6.36 Å². The molecule has 2 aromatic carbocycles. The molecule has 0 aromatic heterocycles. The molecule has 0 atom stereocenters. The predicted molar refractivity (Wildman–Crippen MR) is 89.0 cm³/mol. The second-order valence-corrected chi connectivity index (χ2v) is 5.67. The summed E-state index contributed by atoms with van der Waals surface area (Å²) in [5, 5.41) is 3.00. The number of hydrogen-bond donors (Lipinski definition) is 1. The summed E-state index contributed by atoms with van der Waals surface area (Å²) in [5.74, 6) is 0.707. The maximum absolute atomic E-state index is 12.8. The van der Waals surface area contributed by atoms with E-state index in [0.29, 0.717) is 35.7 Å². The molecule has 1 N–H and O–H groups in total. The molecule has 0 radical (unpaired) electrons. The van der Waals surface area contributed by atoms with Crippen molar-refractivity contribution in [1.29, 1.82) is 0 Å². The summed E-state index contributed by atoms with van der Waals surface area (Å²) in [6, 6.07) is 9.49. The van der Waals surface area contributed by atoms with Crippen LogP contribution in [-0.2, 0) is 0 Å². The summed E-state index contributed by atoms with van der Waals surface area (Å²) in [7, 11) is 3.00. The van der Waals surface area contributed by atoms with Gasteiger partial charge in [-0.2, -0.15) is 0 Å². The highest BCUT2D eigenvalue weighted by atomic mass is 19.4. The Kier molecular flexibility index (Phi) is 5.13. The maximum atomic E-state index is 12.8. The lowest BCUT2D eigenvalue weighted by Crippen LogP contribution is -2.50. The minimum absolute atomic E-state index is 0.0463. The number of alkyl halides is 3. The number of rotatable bonds is 6. The van der Waals surface area contributed by atoms with Gasteiger partial charge in [0.1, 0.15) is 17.6 Å². The predicted octanol–water partition coefficient (Wildman–Crippen LogP) is 3.62. The zero-order chi connectivity index (χ0) is 18.7. The van der Waals surface area contributed by atoms with E-state index in [1.54, 1.807) is 24.3 Å². The van der Waals surface area contributed by atoms with Gasteiger partial charge in [0.25, 0.3) is 0 Å². The molecule has 0 amide bonds. The summed E-state index contributed by atoms with van der Waals surface area (Å²) in [6.07, 6.45) is -4.99. The van der Waals surface area contributed by atoms with Gasteiger partial charge in [-0.15, -0.1) is 13.2 Å². The second-order valence-electron chi connectivity index (χ2n) is 5.67. The van der Waals surface area contributed by atoms with E-state index in [4.69, 9.17) is 14.2 Å². The molecule has 26 heavy (non-hydrogen) atoms. The van der Waals surface area contributed by atoms with Crippen LogP contribution in [0.15, 0.2) is 36.4 Å². The van der Waals surface area contributed by atoms with Crippen molar-refractivity contribution in [2.45, 2.75) is 12.5 Å². The fourth-order valence-corrected chi connectivity index (χ4v) is 2.54. The van der Waals surface area contributed by atoms with Crippen molar-refractivity contribution in [3.05, 3.63) is 36.4 Å². The van der Waals surface area contributed by atoms with Crippen LogP contribution in [0.25, 0.3) is 11.1 Å². The smallest absolute Gasteiger partial charge is 0.497 e. The van der Waals surface area contributed by atoms with Crippen LogP contribution in [0, 0.1) is 0 Å². The molecule has 3 rings (SSSR count). The molecule has 1 saturated heterocycles. The van der Waals surface area contributed by atoms with E-state index in [-0.39, 0.29) is 17.6 Å². The van der Waals surface area contributed by atoms with Gasteiger partial charge in [-0.25, -0.2) is 0 Å². The summed E-state index contributed by atoms with van der Waals surface area (Å²) < 4.78 is 58.6. The molecule has 140 valence electrons. The lowest BCUT2D eigenvalue weighted by atomic mass is 10.0. The molecular formula is C18H18F3NO4. The van der Waals surface area contributed by atoms with Crippen LogP contribution in [0.4, 0.5) is 13.2 Å². The first kappa shape index (κ1) is 18.2. The Balaban J connectivity index is 1.98. The fourth-order valence-electron chi connectivity index (χ4n) is 2.54. The van der Waals surface area contributed by atoms with Crippen molar-refractivity contribution in [2.75, 3.05) is 27.3 Å². The van der Waals surface area contributed by atoms with Crippen molar-refractivity contribution in [3.8, 4) is 34.1 Å². The summed E-state index contributed by atoms with van der Waals surface area (Å²) >= 11 is 0. The SMILES string of the molecule is COc1ccc(-c2ccc(OC3CNC3)c(OC(F)(F)F)c2)c(OC)c1. The van der Waals surface area contributed by atoms with Crippen LogP contribution in [0.2, 0.25) is 0 Å². The number of benzene rings is 2. The van der Waals surface area contributed by atoms with Gasteiger partial charge >= 0.3 is 6.36 Å². The van der Waals surface area contributed by atoms with Crippen LogP contribution >= 0.6 is 0 Å². The molecule has 1 aliphatic rings. The molecule has 0 unspecified atom stereocenters. The van der Waals surface area contributed by atoms with Crippen LogP contribution < -0.4 is 24.3 Å². The molecule has 2 aromatic rings. The quantitative estimate of drug-likeness (QED) is 0.843. The minimum Gasteiger partial charge on any atom is -0.497 e. The van der Waals surface area contributed by atoms with Gasteiger partial charge in [0.15, 0.2) is 11.5 Å². The van der Waals surface area contributed by atoms with Gasteiger partial charge in [-0.05, 0) is 29.8 Å². The van der Waals surface area contributed by atoms with E-state index in [2.05, 4.69) is 10.1 Å². The van der Waals surface area contributed by atoms with E-state index >= 15 is 0 Å². The minimum atomic E-state index is -4.82. The van der Waals surface area contributed by atoms with Crippen molar-refractivity contribution >= 4 is 0 Å². The maximum Gasteiger partial charge on any atom is 0.573 e. The standard InChI is InChI=1S/C18H18F3NO4/c1-23-12-4-5-14(16(8-12)24-2)11-3-6-15(25-13-9-22-10-13)17(7-11)26-18(19,20)21/h3-8,13,22H,9-10H2,1-2H3. The Hall–Kier alpha value is -2.61. The highest BCUT2D eigenvalue weighted by molar-refractivity contribution is 5.74. The van der Waals surface area contributed by atoms with Gasteiger partial charge in [0.05, 0.1) is 14.2 Å². The lowest BCUT2D eigenvalue weighted by Gasteiger charge is -2.28. The first-order valence-corrected chi connectivity index (χ1v) is 7.89. The molecule has 0 aliphatic carbocycles. The first-order chi connectivity index (χ1) is 12.4. The number of ether oxygens (including phenoxy) is 4.